The van der Waals surface area contributed by atoms with Crippen molar-refractivity contribution in [2.45, 2.75) is 12.1 Å². The van der Waals surface area contributed by atoms with E-state index >= 15 is 0 Å². The van der Waals surface area contributed by atoms with Crippen LogP contribution in [-0.4, -0.2) is 21.6 Å². The zero-order valence-electron chi connectivity index (χ0n) is 15.7. The van der Waals surface area contributed by atoms with Crippen molar-refractivity contribution in [3.05, 3.63) is 106 Å². The number of benzene rings is 3. The van der Waals surface area contributed by atoms with Crippen LogP contribution in [0.15, 0.2) is 93.3 Å². The van der Waals surface area contributed by atoms with Gasteiger partial charge in [-0.3, -0.25) is 9.98 Å². The van der Waals surface area contributed by atoms with Gasteiger partial charge in [0.2, 0.25) is 0 Å². The van der Waals surface area contributed by atoms with Crippen molar-refractivity contribution < 1.29 is 0 Å². The van der Waals surface area contributed by atoms with Gasteiger partial charge in [-0.15, -0.1) is 23.5 Å². The number of halogens is 1. The van der Waals surface area contributed by atoms with Crippen LogP contribution in [0.5, 0.6) is 0 Å². The Morgan fingerprint density at radius 2 is 1.07 bits per heavy atom. The molecule has 144 valence electrons. The zero-order chi connectivity index (χ0) is 19.6. The van der Waals surface area contributed by atoms with Crippen LogP contribution in [0.2, 0.25) is 0 Å². The molecular formula is C24H19BrN2S2. The molecule has 2 aliphatic rings. The van der Waals surface area contributed by atoms with Gasteiger partial charge in [-0.05, 0) is 27.1 Å². The second kappa shape index (κ2) is 8.50. The molecule has 29 heavy (non-hydrogen) atoms. The molecule has 5 heteroatoms. The summed E-state index contributed by atoms with van der Waals surface area (Å²) in [5.74, 6) is 1.98. The first-order valence-corrected chi connectivity index (χ1v) is 12.4. The molecule has 2 nitrogen and oxygen atoms in total. The lowest BCUT2D eigenvalue weighted by Gasteiger charge is -2.09. The number of hydrogen-bond donors (Lipinski definition) is 0. The number of hydrogen-bond acceptors (Lipinski definition) is 4. The van der Waals surface area contributed by atoms with Gasteiger partial charge in [0, 0.05) is 27.1 Å². The third-order valence-electron chi connectivity index (χ3n) is 5.13. The first kappa shape index (κ1) is 19.2. The Labute approximate surface area is 188 Å². The predicted octanol–water partition coefficient (Wildman–Crippen LogP) is 6.92. The third kappa shape index (κ3) is 3.96. The summed E-state index contributed by atoms with van der Waals surface area (Å²) in [6.07, 6.45) is 0. The van der Waals surface area contributed by atoms with Crippen molar-refractivity contribution in [3.63, 3.8) is 0 Å². The summed E-state index contributed by atoms with van der Waals surface area (Å²) >= 11 is 7.53. The molecule has 0 bridgehead atoms. The number of rotatable bonds is 4. The van der Waals surface area contributed by atoms with E-state index in [1.807, 2.05) is 23.5 Å². The minimum absolute atomic E-state index is 0.229. The minimum atomic E-state index is 0.229. The van der Waals surface area contributed by atoms with Gasteiger partial charge in [0.1, 0.15) is 0 Å². The maximum absolute atomic E-state index is 5.02. The fraction of sp³-hybridized carbons (Fsp3) is 0.167. The highest BCUT2D eigenvalue weighted by molar-refractivity contribution is 9.10. The van der Waals surface area contributed by atoms with Gasteiger partial charge in [0.25, 0.3) is 0 Å². The zero-order valence-corrected chi connectivity index (χ0v) is 18.9. The first-order valence-electron chi connectivity index (χ1n) is 9.60. The van der Waals surface area contributed by atoms with E-state index in [2.05, 4.69) is 94.8 Å². The largest absolute Gasteiger partial charge is 0.269 e. The molecule has 0 radical (unpaired) electrons. The fourth-order valence-electron chi connectivity index (χ4n) is 3.60. The van der Waals surface area contributed by atoms with Crippen molar-refractivity contribution in [2.75, 3.05) is 11.5 Å². The van der Waals surface area contributed by atoms with Crippen LogP contribution in [0, 0.1) is 0 Å². The highest BCUT2D eigenvalue weighted by Crippen LogP contribution is 2.39. The van der Waals surface area contributed by atoms with Crippen molar-refractivity contribution in [2.24, 2.45) is 9.98 Å². The standard InChI is InChI=1S/C24H19BrN2S2/c25-22-18(23-26-20(14-28-23)16-8-3-1-4-9-16)12-7-13-19(22)24-27-21(15-29-24)17-10-5-2-6-11-17/h1-13,20-21H,14-15H2/t20-,21-/m1/s1. The van der Waals surface area contributed by atoms with Crippen molar-refractivity contribution in [1.82, 2.24) is 0 Å². The molecule has 0 saturated carbocycles. The van der Waals surface area contributed by atoms with E-state index in [4.69, 9.17) is 9.98 Å². The lowest BCUT2D eigenvalue weighted by Crippen LogP contribution is -2.00. The molecule has 0 amide bonds. The van der Waals surface area contributed by atoms with Crippen molar-refractivity contribution >= 4 is 49.5 Å². The molecule has 3 aromatic carbocycles. The van der Waals surface area contributed by atoms with Gasteiger partial charge in [0.05, 0.1) is 22.2 Å². The summed E-state index contributed by atoms with van der Waals surface area (Å²) in [6.45, 7) is 0. The SMILES string of the molecule is Brc1c(C2=N[C@@H](c3ccccc3)CS2)cccc1C1=N[C@@H](c2ccccc2)CS1. The van der Waals surface area contributed by atoms with Gasteiger partial charge in [-0.1, -0.05) is 78.9 Å². The minimum Gasteiger partial charge on any atom is -0.269 e. The summed E-state index contributed by atoms with van der Waals surface area (Å²) < 4.78 is 1.10. The Balaban J connectivity index is 1.44. The maximum atomic E-state index is 5.02. The van der Waals surface area contributed by atoms with E-state index in [-0.39, 0.29) is 12.1 Å². The lowest BCUT2D eigenvalue weighted by atomic mass is 10.1. The summed E-state index contributed by atoms with van der Waals surface area (Å²) in [5, 5.41) is 2.21. The van der Waals surface area contributed by atoms with Crippen LogP contribution in [0.1, 0.15) is 34.3 Å². The fourth-order valence-corrected chi connectivity index (χ4v) is 6.72. The predicted molar refractivity (Wildman–Crippen MR) is 130 cm³/mol. The average molecular weight is 479 g/mol. The molecule has 0 unspecified atom stereocenters. The Hall–Kier alpha value is -1.82. The van der Waals surface area contributed by atoms with Crippen LogP contribution < -0.4 is 0 Å². The summed E-state index contributed by atoms with van der Waals surface area (Å²) in [7, 11) is 0. The molecule has 0 fully saturated rings. The van der Waals surface area contributed by atoms with Crippen LogP contribution >= 0.6 is 39.5 Å². The second-order valence-electron chi connectivity index (χ2n) is 7.01. The van der Waals surface area contributed by atoms with E-state index in [1.54, 1.807) is 0 Å². The van der Waals surface area contributed by atoms with Gasteiger partial charge < -0.3 is 0 Å². The molecule has 2 aliphatic heterocycles. The molecule has 0 spiro atoms. The summed E-state index contributed by atoms with van der Waals surface area (Å²) in [4.78, 5) is 10.0. The van der Waals surface area contributed by atoms with Crippen molar-refractivity contribution in [1.29, 1.82) is 0 Å². The Kier molecular flexibility index (Phi) is 5.62. The van der Waals surface area contributed by atoms with Gasteiger partial charge in [-0.2, -0.15) is 0 Å². The van der Waals surface area contributed by atoms with Gasteiger partial charge >= 0.3 is 0 Å². The molecular weight excluding hydrogens is 460 g/mol. The maximum Gasteiger partial charge on any atom is 0.0997 e. The van der Waals surface area contributed by atoms with Crippen LogP contribution in [-0.2, 0) is 0 Å². The molecule has 2 heterocycles. The molecule has 5 rings (SSSR count). The Morgan fingerprint density at radius 3 is 1.52 bits per heavy atom. The molecule has 3 aromatic rings. The second-order valence-corrected chi connectivity index (χ2v) is 9.82. The normalized spacial score (nSPS) is 21.1. The lowest BCUT2D eigenvalue weighted by molar-refractivity contribution is 0.849. The third-order valence-corrected chi connectivity index (χ3v) is 8.15. The van der Waals surface area contributed by atoms with E-state index in [0.29, 0.717) is 0 Å². The first-order chi connectivity index (χ1) is 14.3. The molecule has 0 N–H and O–H groups in total. The van der Waals surface area contributed by atoms with Crippen LogP contribution in [0.25, 0.3) is 0 Å². The Morgan fingerprint density at radius 1 is 0.621 bits per heavy atom. The average Bonchev–Trinajstić information content (AvgIpc) is 3.46. The summed E-state index contributed by atoms with van der Waals surface area (Å²) in [5.41, 5.74) is 4.89. The van der Waals surface area contributed by atoms with Gasteiger partial charge in [0.15, 0.2) is 0 Å². The monoisotopic (exact) mass is 478 g/mol. The van der Waals surface area contributed by atoms with E-state index < -0.39 is 0 Å². The Bertz CT molecular complexity index is 997. The molecule has 2 atom stereocenters. The van der Waals surface area contributed by atoms with E-state index in [0.717, 1.165) is 37.2 Å². The number of nitrogens with zero attached hydrogens (tertiary/aromatic N) is 2. The van der Waals surface area contributed by atoms with Crippen LogP contribution in [0.3, 0.4) is 0 Å². The quantitative estimate of drug-likeness (QED) is 0.406. The number of aliphatic imine (C=N–C) groups is 2. The highest BCUT2D eigenvalue weighted by Gasteiger charge is 2.26. The smallest absolute Gasteiger partial charge is 0.0997 e. The van der Waals surface area contributed by atoms with Gasteiger partial charge in [-0.25, -0.2) is 0 Å². The topological polar surface area (TPSA) is 24.7 Å². The number of thioether (sulfide) groups is 2. The van der Waals surface area contributed by atoms with Crippen LogP contribution in [0.4, 0.5) is 0 Å². The van der Waals surface area contributed by atoms with E-state index in [9.17, 15) is 0 Å². The molecule has 0 saturated heterocycles. The summed E-state index contributed by atoms with van der Waals surface area (Å²) in [6, 6.07) is 28.0. The molecule has 0 aliphatic carbocycles. The molecule has 0 aromatic heterocycles. The van der Waals surface area contributed by atoms with E-state index in [1.165, 1.54) is 11.1 Å². The highest BCUT2D eigenvalue weighted by atomic mass is 79.9. The van der Waals surface area contributed by atoms with Crippen molar-refractivity contribution in [3.8, 4) is 0 Å².